The summed E-state index contributed by atoms with van der Waals surface area (Å²) in [6.45, 7) is 6.43. The number of likely N-dealkylation sites (tertiary alicyclic amines) is 1. The van der Waals surface area contributed by atoms with E-state index in [-0.39, 0.29) is 0 Å². The topological polar surface area (TPSA) is 34.2 Å². The second-order valence-electron chi connectivity index (χ2n) is 5.45. The molecule has 1 fully saturated rings. The van der Waals surface area contributed by atoms with Crippen LogP contribution in [-0.4, -0.2) is 27.5 Å². The van der Waals surface area contributed by atoms with Gasteiger partial charge in [-0.05, 0) is 44.4 Å². The summed E-state index contributed by atoms with van der Waals surface area (Å²) in [6.07, 6.45) is 8.32. The van der Waals surface area contributed by atoms with Crippen LogP contribution in [-0.2, 0) is 13.1 Å². The van der Waals surface area contributed by atoms with Crippen LogP contribution in [0.4, 0.5) is 0 Å². The molecule has 4 heteroatoms. The molecule has 0 saturated carbocycles. The van der Waals surface area contributed by atoms with E-state index in [1.165, 1.54) is 19.4 Å². The van der Waals surface area contributed by atoms with E-state index in [4.69, 9.17) is 4.42 Å². The molecule has 0 spiro atoms. The molecule has 0 N–H and O–H groups in total. The predicted octanol–water partition coefficient (Wildman–Crippen LogP) is 2.70. The molecule has 102 valence electrons. The molecule has 0 amide bonds. The Bertz CT molecular complexity index is 503. The first-order valence-electron chi connectivity index (χ1n) is 7.04. The number of aryl methyl sites for hydroxylation is 1. The van der Waals surface area contributed by atoms with Gasteiger partial charge in [-0.3, -0.25) is 4.90 Å². The smallest absolute Gasteiger partial charge is 0.117 e. The number of hydrogen-bond donors (Lipinski definition) is 0. The molecule has 3 rings (SSSR count). The van der Waals surface area contributed by atoms with E-state index in [9.17, 15) is 0 Å². The third-order valence-corrected chi connectivity index (χ3v) is 3.94. The van der Waals surface area contributed by atoms with Crippen LogP contribution < -0.4 is 0 Å². The summed E-state index contributed by atoms with van der Waals surface area (Å²) in [5.74, 6) is 2.90. The predicted molar refractivity (Wildman–Crippen MR) is 73.7 cm³/mol. The summed E-state index contributed by atoms with van der Waals surface area (Å²) >= 11 is 0. The zero-order valence-corrected chi connectivity index (χ0v) is 11.5. The standard InChI is InChI=1S/C15H21N3O/c1-13-16-6-8-18(13)11-14-4-2-7-17(10-14)12-15-5-3-9-19-15/h3,5-6,8-9,14H,2,4,7,10-12H2,1H3. The van der Waals surface area contributed by atoms with E-state index >= 15 is 0 Å². The van der Waals surface area contributed by atoms with Crippen LogP contribution in [0.1, 0.15) is 24.4 Å². The van der Waals surface area contributed by atoms with Gasteiger partial charge in [-0.2, -0.15) is 0 Å². The highest BCUT2D eigenvalue weighted by Crippen LogP contribution is 2.20. The minimum Gasteiger partial charge on any atom is -0.468 e. The van der Waals surface area contributed by atoms with Crippen molar-refractivity contribution >= 4 is 0 Å². The first-order chi connectivity index (χ1) is 9.31. The summed E-state index contributed by atoms with van der Waals surface area (Å²) in [6, 6.07) is 4.02. The minimum atomic E-state index is 0.719. The van der Waals surface area contributed by atoms with Crippen LogP contribution in [0.15, 0.2) is 35.2 Å². The molecule has 19 heavy (non-hydrogen) atoms. The van der Waals surface area contributed by atoms with Crippen LogP contribution >= 0.6 is 0 Å². The van der Waals surface area contributed by atoms with Crippen molar-refractivity contribution in [3.05, 3.63) is 42.4 Å². The Balaban J connectivity index is 1.57. The van der Waals surface area contributed by atoms with E-state index in [2.05, 4.69) is 33.6 Å². The summed E-state index contributed by atoms with van der Waals surface area (Å²) < 4.78 is 7.70. The Hall–Kier alpha value is -1.55. The van der Waals surface area contributed by atoms with Gasteiger partial charge in [0.15, 0.2) is 0 Å². The van der Waals surface area contributed by atoms with Gasteiger partial charge in [-0.1, -0.05) is 0 Å². The van der Waals surface area contributed by atoms with Crippen molar-refractivity contribution in [2.45, 2.75) is 32.9 Å². The molecular formula is C15H21N3O. The van der Waals surface area contributed by atoms with Gasteiger partial charge >= 0.3 is 0 Å². The van der Waals surface area contributed by atoms with Crippen LogP contribution in [0.2, 0.25) is 0 Å². The summed E-state index contributed by atoms with van der Waals surface area (Å²) in [4.78, 5) is 6.80. The lowest BCUT2D eigenvalue weighted by Crippen LogP contribution is -2.36. The summed E-state index contributed by atoms with van der Waals surface area (Å²) in [5.41, 5.74) is 0. The van der Waals surface area contributed by atoms with Crippen LogP contribution in [0, 0.1) is 12.8 Å². The summed E-state index contributed by atoms with van der Waals surface area (Å²) in [7, 11) is 0. The van der Waals surface area contributed by atoms with Crippen molar-refractivity contribution in [1.82, 2.24) is 14.5 Å². The number of imidazole rings is 1. The molecule has 4 nitrogen and oxygen atoms in total. The first-order valence-corrected chi connectivity index (χ1v) is 7.04. The highest BCUT2D eigenvalue weighted by atomic mass is 16.3. The molecule has 0 aliphatic carbocycles. The molecule has 1 saturated heterocycles. The number of hydrogen-bond acceptors (Lipinski definition) is 3. The Kier molecular flexibility index (Phi) is 3.69. The molecule has 1 aliphatic heterocycles. The number of piperidine rings is 1. The third-order valence-electron chi connectivity index (χ3n) is 3.94. The fraction of sp³-hybridized carbons (Fsp3) is 0.533. The highest BCUT2D eigenvalue weighted by molar-refractivity contribution is 4.98. The van der Waals surface area contributed by atoms with Gasteiger partial charge in [-0.25, -0.2) is 4.98 Å². The molecule has 0 aromatic carbocycles. The summed E-state index contributed by atoms with van der Waals surface area (Å²) in [5, 5.41) is 0. The van der Waals surface area contributed by atoms with Crippen molar-refractivity contribution < 1.29 is 4.42 Å². The zero-order valence-electron chi connectivity index (χ0n) is 11.5. The monoisotopic (exact) mass is 259 g/mol. The first kappa shape index (κ1) is 12.5. The molecule has 0 bridgehead atoms. The average Bonchev–Trinajstić information content (AvgIpc) is 3.03. The maximum absolute atomic E-state index is 5.44. The van der Waals surface area contributed by atoms with E-state index in [1.54, 1.807) is 6.26 Å². The van der Waals surface area contributed by atoms with Gasteiger partial charge < -0.3 is 8.98 Å². The maximum Gasteiger partial charge on any atom is 0.117 e. The van der Waals surface area contributed by atoms with Gasteiger partial charge in [0.05, 0.1) is 12.8 Å². The number of rotatable bonds is 4. The lowest BCUT2D eigenvalue weighted by atomic mass is 9.98. The van der Waals surface area contributed by atoms with Gasteiger partial charge in [0.1, 0.15) is 11.6 Å². The van der Waals surface area contributed by atoms with Gasteiger partial charge in [0.25, 0.3) is 0 Å². The van der Waals surface area contributed by atoms with Crippen molar-refractivity contribution in [3.63, 3.8) is 0 Å². The number of furan rings is 1. The van der Waals surface area contributed by atoms with Crippen LogP contribution in [0.3, 0.4) is 0 Å². The van der Waals surface area contributed by atoms with E-state index in [0.717, 1.165) is 37.1 Å². The fourth-order valence-electron chi connectivity index (χ4n) is 2.94. The Morgan fingerprint density at radius 2 is 2.42 bits per heavy atom. The van der Waals surface area contributed by atoms with Crippen molar-refractivity contribution in [2.75, 3.05) is 13.1 Å². The Morgan fingerprint density at radius 3 is 3.16 bits per heavy atom. The van der Waals surface area contributed by atoms with Crippen molar-refractivity contribution in [1.29, 1.82) is 0 Å². The molecule has 1 unspecified atom stereocenters. The lowest BCUT2D eigenvalue weighted by molar-refractivity contribution is 0.146. The van der Waals surface area contributed by atoms with Gasteiger partial charge in [0, 0.05) is 25.5 Å². The molecule has 1 aliphatic rings. The second kappa shape index (κ2) is 5.61. The highest BCUT2D eigenvalue weighted by Gasteiger charge is 2.21. The van der Waals surface area contributed by atoms with Gasteiger partial charge in [0.2, 0.25) is 0 Å². The number of aromatic nitrogens is 2. The van der Waals surface area contributed by atoms with E-state index < -0.39 is 0 Å². The zero-order chi connectivity index (χ0) is 13.1. The lowest BCUT2D eigenvalue weighted by Gasteiger charge is -2.32. The normalized spacial score (nSPS) is 20.8. The second-order valence-corrected chi connectivity index (χ2v) is 5.45. The van der Waals surface area contributed by atoms with Crippen LogP contribution in [0.25, 0.3) is 0 Å². The van der Waals surface area contributed by atoms with Crippen molar-refractivity contribution in [2.24, 2.45) is 5.92 Å². The molecule has 2 aromatic heterocycles. The fourth-order valence-corrected chi connectivity index (χ4v) is 2.94. The van der Waals surface area contributed by atoms with E-state index in [1.807, 2.05) is 12.3 Å². The van der Waals surface area contributed by atoms with E-state index in [0.29, 0.717) is 0 Å². The quantitative estimate of drug-likeness (QED) is 0.846. The van der Waals surface area contributed by atoms with Gasteiger partial charge in [-0.15, -0.1) is 0 Å². The Morgan fingerprint density at radius 1 is 1.47 bits per heavy atom. The largest absolute Gasteiger partial charge is 0.468 e. The minimum absolute atomic E-state index is 0.719. The van der Waals surface area contributed by atoms with Crippen LogP contribution in [0.5, 0.6) is 0 Å². The maximum atomic E-state index is 5.44. The molecule has 1 atom stereocenters. The average molecular weight is 259 g/mol. The Labute approximate surface area is 114 Å². The number of nitrogens with zero attached hydrogens (tertiary/aromatic N) is 3. The van der Waals surface area contributed by atoms with Crippen molar-refractivity contribution in [3.8, 4) is 0 Å². The molecule has 3 heterocycles. The molecule has 0 radical (unpaired) electrons. The molecular weight excluding hydrogens is 238 g/mol. The third kappa shape index (κ3) is 3.07. The SMILES string of the molecule is Cc1nccn1CC1CCCN(Cc2ccco2)C1. The molecule has 2 aromatic rings.